The summed E-state index contributed by atoms with van der Waals surface area (Å²) >= 11 is 0. The van der Waals surface area contributed by atoms with Crippen molar-refractivity contribution in [2.24, 2.45) is 0 Å². The van der Waals surface area contributed by atoms with E-state index in [1.165, 1.54) is 5.69 Å². The third-order valence-electron chi connectivity index (χ3n) is 3.57. The van der Waals surface area contributed by atoms with Crippen molar-refractivity contribution in [3.8, 4) is 12.3 Å². The van der Waals surface area contributed by atoms with E-state index in [-0.39, 0.29) is 6.04 Å². The van der Waals surface area contributed by atoms with Crippen LogP contribution in [0.15, 0.2) is 24.5 Å². The maximum atomic E-state index is 5.49. The molecule has 3 heteroatoms. The number of piperidine rings is 1. The second-order valence-corrected chi connectivity index (χ2v) is 4.76. The average Bonchev–Trinajstić information content (AvgIpc) is 2.46. The standard InChI is InChI=1S/C15H21N3/c1-3-13(4-2)17-14-7-11-18(12-8-14)15-5-9-16-10-6-15/h1,5-6,9-10,13-14,17H,4,7-8,11-12H2,2H3. The van der Waals surface area contributed by atoms with E-state index < -0.39 is 0 Å². The van der Waals surface area contributed by atoms with Crippen LogP contribution in [-0.2, 0) is 0 Å². The molecule has 1 aromatic rings. The van der Waals surface area contributed by atoms with Gasteiger partial charge in [-0.3, -0.25) is 4.98 Å². The number of pyridine rings is 1. The first-order chi connectivity index (χ1) is 8.83. The van der Waals surface area contributed by atoms with Gasteiger partial charge in [0.15, 0.2) is 0 Å². The lowest BCUT2D eigenvalue weighted by atomic mass is 10.0. The smallest absolute Gasteiger partial charge is 0.0686 e. The van der Waals surface area contributed by atoms with Crippen LogP contribution in [0.1, 0.15) is 26.2 Å². The maximum absolute atomic E-state index is 5.49. The van der Waals surface area contributed by atoms with Crippen LogP contribution in [0.3, 0.4) is 0 Å². The molecular formula is C15H21N3. The summed E-state index contributed by atoms with van der Waals surface area (Å²) in [5, 5.41) is 3.55. The van der Waals surface area contributed by atoms with Crippen LogP contribution in [0.5, 0.6) is 0 Å². The van der Waals surface area contributed by atoms with Gasteiger partial charge in [-0.25, -0.2) is 0 Å². The number of nitrogens with one attached hydrogen (secondary N) is 1. The van der Waals surface area contributed by atoms with Gasteiger partial charge in [-0.05, 0) is 31.4 Å². The Hall–Kier alpha value is -1.53. The molecule has 1 fully saturated rings. The van der Waals surface area contributed by atoms with Crippen LogP contribution in [0, 0.1) is 12.3 Å². The minimum atomic E-state index is 0.225. The number of rotatable bonds is 4. The van der Waals surface area contributed by atoms with E-state index in [0.29, 0.717) is 6.04 Å². The molecule has 2 heterocycles. The number of anilines is 1. The van der Waals surface area contributed by atoms with Gasteiger partial charge in [-0.1, -0.05) is 12.8 Å². The van der Waals surface area contributed by atoms with E-state index in [9.17, 15) is 0 Å². The van der Waals surface area contributed by atoms with Gasteiger partial charge >= 0.3 is 0 Å². The first kappa shape index (κ1) is 12.9. The zero-order chi connectivity index (χ0) is 12.8. The normalized spacial score (nSPS) is 18.3. The van der Waals surface area contributed by atoms with Gasteiger partial charge in [-0.2, -0.15) is 0 Å². The Morgan fingerprint density at radius 1 is 1.44 bits per heavy atom. The van der Waals surface area contributed by atoms with E-state index in [1.54, 1.807) is 0 Å². The summed E-state index contributed by atoms with van der Waals surface area (Å²) in [5.41, 5.74) is 1.27. The molecule has 1 unspecified atom stereocenters. The van der Waals surface area contributed by atoms with Crippen LogP contribution < -0.4 is 10.2 Å². The van der Waals surface area contributed by atoms with Crippen molar-refractivity contribution in [2.45, 2.75) is 38.3 Å². The second-order valence-electron chi connectivity index (χ2n) is 4.76. The van der Waals surface area contributed by atoms with E-state index >= 15 is 0 Å². The third-order valence-corrected chi connectivity index (χ3v) is 3.57. The van der Waals surface area contributed by atoms with Gasteiger partial charge in [0.2, 0.25) is 0 Å². The molecule has 1 aromatic heterocycles. The SMILES string of the molecule is C#CC(CC)NC1CCN(c2ccncc2)CC1. The fraction of sp³-hybridized carbons (Fsp3) is 0.533. The van der Waals surface area contributed by atoms with Crippen LogP contribution in [0.25, 0.3) is 0 Å². The molecule has 0 saturated carbocycles. The van der Waals surface area contributed by atoms with Crippen LogP contribution in [0.4, 0.5) is 5.69 Å². The molecule has 1 atom stereocenters. The molecule has 2 rings (SSSR count). The van der Waals surface area contributed by atoms with Crippen molar-refractivity contribution in [2.75, 3.05) is 18.0 Å². The monoisotopic (exact) mass is 243 g/mol. The van der Waals surface area contributed by atoms with E-state index in [4.69, 9.17) is 6.42 Å². The summed E-state index contributed by atoms with van der Waals surface area (Å²) in [5.74, 6) is 2.81. The van der Waals surface area contributed by atoms with Gasteiger partial charge in [0.1, 0.15) is 0 Å². The summed E-state index contributed by atoms with van der Waals surface area (Å²) in [4.78, 5) is 6.47. The quantitative estimate of drug-likeness (QED) is 0.820. The lowest BCUT2D eigenvalue weighted by molar-refractivity contribution is 0.391. The van der Waals surface area contributed by atoms with Gasteiger partial charge in [0.25, 0.3) is 0 Å². The highest BCUT2D eigenvalue weighted by Crippen LogP contribution is 2.19. The molecule has 0 radical (unpaired) electrons. The lowest BCUT2D eigenvalue weighted by Gasteiger charge is -2.35. The molecule has 1 saturated heterocycles. The fourth-order valence-electron chi connectivity index (χ4n) is 2.43. The topological polar surface area (TPSA) is 28.2 Å². The number of hydrogen-bond acceptors (Lipinski definition) is 3. The Morgan fingerprint density at radius 2 is 2.11 bits per heavy atom. The van der Waals surface area contributed by atoms with E-state index in [0.717, 1.165) is 32.4 Å². The predicted octanol–water partition coefficient (Wildman–Crippen LogP) is 2.05. The maximum Gasteiger partial charge on any atom is 0.0686 e. The van der Waals surface area contributed by atoms with Crippen molar-refractivity contribution in [1.82, 2.24) is 10.3 Å². The lowest BCUT2D eigenvalue weighted by Crippen LogP contribution is -2.45. The van der Waals surface area contributed by atoms with Crippen molar-refractivity contribution in [3.05, 3.63) is 24.5 Å². The molecule has 1 N–H and O–H groups in total. The van der Waals surface area contributed by atoms with Gasteiger partial charge in [0, 0.05) is 37.2 Å². The number of terminal acetylenes is 1. The molecular weight excluding hydrogens is 222 g/mol. The number of nitrogens with zero attached hydrogens (tertiary/aromatic N) is 2. The molecule has 1 aliphatic rings. The zero-order valence-electron chi connectivity index (χ0n) is 11.0. The molecule has 0 spiro atoms. The fourth-order valence-corrected chi connectivity index (χ4v) is 2.43. The van der Waals surface area contributed by atoms with Gasteiger partial charge in [-0.15, -0.1) is 6.42 Å². The van der Waals surface area contributed by atoms with E-state index in [1.807, 2.05) is 12.4 Å². The first-order valence-corrected chi connectivity index (χ1v) is 6.70. The van der Waals surface area contributed by atoms with Crippen LogP contribution >= 0.6 is 0 Å². The van der Waals surface area contributed by atoms with Crippen molar-refractivity contribution >= 4 is 5.69 Å². The second kappa shape index (κ2) is 6.42. The van der Waals surface area contributed by atoms with Crippen LogP contribution in [0.2, 0.25) is 0 Å². The van der Waals surface area contributed by atoms with Gasteiger partial charge in [0.05, 0.1) is 6.04 Å². The highest BCUT2D eigenvalue weighted by Gasteiger charge is 2.20. The van der Waals surface area contributed by atoms with E-state index in [2.05, 4.69) is 40.2 Å². The summed E-state index contributed by atoms with van der Waals surface area (Å²) < 4.78 is 0. The van der Waals surface area contributed by atoms with Crippen molar-refractivity contribution in [3.63, 3.8) is 0 Å². The average molecular weight is 243 g/mol. The van der Waals surface area contributed by atoms with Crippen LogP contribution in [-0.4, -0.2) is 30.2 Å². The number of hydrogen-bond donors (Lipinski definition) is 1. The third kappa shape index (κ3) is 3.24. The zero-order valence-corrected chi connectivity index (χ0v) is 11.0. The Kier molecular flexibility index (Phi) is 4.60. The molecule has 96 valence electrons. The van der Waals surface area contributed by atoms with Crippen molar-refractivity contribution in [1.29, 1.82) is 0 Å². The Labute approximate surface area is 110 Å². The molecule has 0 aliphatic carbocycles. The minimum absolute atomic E-state index is 0.225. The molecule has 3 nitrogen and oxygen atoms in total. The first-order valence-electron chi connectivity index (χ1n) is 6.70. The summed E-state index contributed by atoms with van der Waals surface area (Å²) in [6.07, 6.45) is 12.5. The Morgan fingerprint density at radius 3 is 2.67 bits per heavy atom. The highest BCUT2D eigenvalue weighted by molar-refractivity contribution is 5.44. The Balaban J connectivity index is 1.83. The predicted molar refractivity (Wildman–Crippen MR) is 75.5 cm³/mol. The van der Waals surface area contributed by atoms with Gasteiger partial charge < -0.3 is 10.2 Å². The summed E-state index contributed by atoms with van der Waals surface area (Å²) in [6, 6.07) is 4.93. The molecule has 0 bridgehead atoms. The highest BCUT2D eigenvalue weighted by atomic mass is 15.1. The summed E-state index contributed by atoms with van der Waals surface area (Å²) in [7, 11) is 0. The molecule has 18 heavy (non-hydrogen) atoms. The van der Waals surface area contributed by atoms with Crippen molar-refractivity contribution < 1.29 is 0 Å². The Bertz CT molecular complexity index is 388. The summed E-state index contributed by atoms with van der Waals surface area (Å²) in [6.45, 7) is 4.30. The molecule has 1 aliphatic heterocycles. The number of aromatic nitrogens is 1. The minimum Gasteiger partial charge on any atom is -0.371 e. The molecule has 0 aromatic carbocycles. The molecule has 0 amide bonds. The largest absolute Gasteiger partial charge is 0.371 e.